The van der Waals surface area contributed by atoms with Crippen LogP contribution in [-0.2, 0) is 11.3 Å². The van der Waals surface area contributed by atoms with Crippen LogP contribution in [0, 0.1) is 11.7 Å². The summed E-state index contributed by atoms with van der Waals surface area (Å²) >= 11 is 0. The molecule has 0 aromatic heterocycles. The third-order valence-corrected chi connectivity index (χ3v) is 2.94. The van der Waals surface area contributed by atoms with E-state index in [2.05, 4.69) is 19.2 Å². The second-order valence-corrected chi connectivity index (χ2v) is 5.39. The summed E-state index contributed by atoms with van der Waals surface area (Å²) in [5.41, 5.74) is 0.586. The zero-order valence-electron chi connectivity index (χ0n) is 12.1. The first-order valence-electron chi connectivity index (χ1n) is 6.59. The van der Waals surface area contributed by atoms with Crippen molar-refractivity contribution in [1.29, 1.82) is 0 Å². The molecule has 0 aliphatic heterocycles. The number of hydrogen-bond acceptors (Lipinski definition) is 2. The highest BCUT2D eigenvalue weighted by molar-refractivity contribution is 5.81. The van der Waals surface area contributed by atoms with Crippen LogP contribution in [0.2, 0.25) is 0 Å². The molecule has 1 amide bonds. The molecule has 0 aliphatic rings. The van der Waals surface area contributed by atoms with Crippen molar-refractivity contribution >= 4 is 5.91 Å². The lowest BCUT2D eigenvalue weighted by molar-refractivity contribution is -0.131. The number of carbonyl (C=O) groups excluding carboxylic acids is 1. The van der Waals surface area contributed by atoms with Gasteiger partial charge in [0.1, 0.15) is 5.82 Å². The SMILES string of the molecule is CC(C)CC(NCc1ccccc1F)C(=O)N(C)C. The molecule has 0 saturated carbocycles. The number of benzene rings is 1. The van der Waals surface area contributed by atoms with Crippen molar-refractivity contribution in [1.82, 2.24) is 10.2 Å². The molecule has 1 aromatic carbocycles. The lowest BCUT2D eigenvalue weighted by atomic mass is 10.0. The van der Waals surface area contributed by atoms with Crippen molar-refractivity contribution in [3.63, 3.8) is 0 Å². The summed E-state index contributed by atoms with van der Waals surface area (Å²) in [7, 11) is 3.47. The molecule has 1 aromatic rings. The van der Waals surface area contributed by atoms with Crippen LogP contribution in [0.15, 0.2) is 24.3 Å². The quantitative estimate of drug-likeness (QED) is 0.857. The highest BCUT2D eigenvalue weighted by atomic mass is 19.1. The number of likely N-dealkylation sites (N-methyl/N-ethyl adjacent to an activating group) is 1. The number of hydrogen-bond donors (Lipinski definition) is 1. The first-order valence-corrected chi connectivity index (χ1v) is 6.59. The van der Waals surface area contributed by atoms with E-state index in [1.54, 1.807) is 37.2 Å². The topological polar surface area (TPSA) is 32.3 Å². The van der Waals surface area contributed by atoms with Crippen LogP contribution in [-0.4, -0.2) is 30.9 Å². The molecule has 0 saturated heterocycles. The maximum atomic E-state index is 13.5. The molecule has 1 N–H and O–H groups in total. The Morgan fingerprint density at radius 2 is 1.95 bits per heavy atom. The van der Waals surface area contributed by atoms with Crippen molar-refractivity contribution in [3.05, 3.63) is 35.6 Å². The zero-order chi connectivity index (χ0) is 14.4. The molecule has 106 valence electrons. The molecule has 1 unspecified atom stereocenters. The maximum absolute atomic E-state index is 13.5. The number of carbonyl (C=O) groups is 1. The predicted octanol–water partition coefficient (Wildman–Crippen LogP) is 2.42. The summed E-state index contributed by atoms with van der Waals surface area (Å²) in [5.74, 6) is 0.197. The minimum Gasteiger partial charge on any atom is -0.347 e. The smallest absolute Gasteiger partial charge is 0.239 e. The van der Waals surface area contributed by atoms with Crippen molar-refractivity contribution < 1.29 is 9.18 Å². The van der Waals surface area contributed by atoms with Crippen LogP contribution in [0.5, 0.6) is 0 Å². The van der Waals surface area contributed by atoms with Crippen molar-refractivity contribution in [3.8, 4) is 0 Å². The summed E-state index contributed by atoms with van der Waals surface area (Å²) in [5, 5.41) is 3.16. The molecule has 0 aliphatic carbocycles. The fourth-order valence-electron chi connectivity index (χ4n) is 1.93. The molecule has 0 heterocycles. The van der Waals surface area contributed by atoms with E-state index in [-0.39, 0.29) is 17.8 Å². The van der Waals surface area contributed by atoms with E-state index in [1.807, 2.05) is 0 Å². The summed E-state index contributed by atoms with van der Waals surface area (Å²) in [6, 6.07) is 6.35. The molecule has 3 nitrogen and oxygen atoms in total. The van der Waals surface area contributed by atoms with Gasteiger partial charge in [-0.15, -0.1) is 0 Å². The van der Waals surface area contributed by atoms with Gasteiger partial charge in [-0.3, -0.25) is 4.79 Å². The fraction of sp³-hybridized carbons (Fsp3) is 0.533. The molecule has 4 heteroatoms. The van der Waals surface area contributed by atoms with Gasteiger partial charge in [-0.05, 0) is 18.4 Å². The van der Waals surface area contributed by atoms with E-state index >= 15 is 0 Å². The lowest BCUT2D eigenvalue weighted by Crippen LogP contribution is -2.44. The normalized spacial score (nSPS) is 12.5. The highest BCUT2D eigenvalue weighted by Gasteiger charge is 2.21. The van der Waals surface area contributed by atoms with Gasteiger partial charge in [-0.1, -0.05) is 32.0 Å². The highest BCUT2D eigenvalue weighted by Crippen LogP contribution is 2.10. The summed E-state index contributed by atoms with van der Waals surface area (Å²) in [6.45, 7) is 4.51. The summed E-state index contributed by atoms with van der Waals surface area (Å²) < 4.78 is 13.5. The zero-order valence-corrected chi connectivity index (χ0v) is 12.1. The third-order valence-electron chi connectivity index (χ3n) is 2.94. The average molecular weight is 266 g/mol. The van der Waals surface area contributed by atoms with E-state index < -0.39 is 0 Å². The molecule has 0 bridgehead atoms. The number of nitrogens with zero attached hydrogens (tertiary/aromatic N) is 1. The van der Waals surface area contributed by atoms with Crippen molar-refractivity contribution in [2.75, 3.05) is 14.1 Å². The molecule has 0 spiro atoms. The Morgan fingerprint density at radius 1 is 1.32 bits per heavy atom. The van der Waals surface area contributed by atoms with Crippen LogP contribution >= 0.6 is 0 Å². The second kappa shape index (κ2) is 7.24. The van der Waals surface area contributed by atoms with E-state index in [1.165, 1.54) is 6.07 Å². The number of amides is 1. The van der Waals surface area contributed by atoms with Gasteiger partial charge < -0.3 is 10.2 Å². The number of nitrogens with one attached hydrogen (secondary N) is 1. The van der Waals surface area contributed by atoms with Crippen LogP contribution in [0.25, 0.3) is 0 Å². The molecule has 0 radical (unpaired) electrons. The van der Waals surface area contributed by atoms with E-state index in [4.69, 9.17) is 0 Å². The van der Waals surface area contributed by atoms with Crippen molar-refractivity contribution in [2.24, 2.45) is 5.92 Å². The largest absolute Gasteiger partial charge is 0.347 e. The monoisotopic (exact) mass is 266 g/mol. The minimum atomic E-state index is -0.269. The summed E-state index contributed by atoms with van der Waals surface area (Å²) in [4.78, 5) is 13.6. The first kappa shape index (κ1) is 15.6. The number of rotatable bonds is 6. The van der Waals surface area contributed by atoms with Gasteiger partial charge in [0.05, 0.1) is 6.04 Å². The summed E-state index contributed by atoms with van der Waals surface area (Å²) in [6.07, 6.45) is 0.742. The van der Waals surface area contributed by atoms with Gasteiger partial charge in [-0.25, -0.2) is 4.39 Å². The Balaban J connectivity index is 2.68. The van der Waals surface area contributed by atoms with E-state index in [9.17, 15) is 9.18 Å². The second-order valence-electron chi connectivity index (χ2n) is 5.39. The maximum Gasteiger partial charge on any atom is 0.239 e. The first-order chi connectivity index (χ1) is 8.91. The Morgan fingerprint density at radius 3 is 2.47 bits per heavy atom. The molecule has 1 atom stereocenters. The fourth-order valence-corrected chi connectivity index (χ4v) is 1.93. The average Bonchev–Trinajstić information content (AvgIpc) is 2.34. The van der Waals surface area contributed by atoms with Gasteiger partial charge in [-0.2, -0.15) is 0 Å². The molecular weight excluding hydrogens is 243 g/mol. The Kier molecular flexibility index (Phi) is 5.96. The van der Waals surface area contributed by atoms with Gasteiger partial charge >= 0.3 is 0 Å². The molecule has 19 heavy (non-hydrogen) atoms. The van der Waals surface area contributed by atoms with Crippen LogP contribution in [0.3, 0.4) is 0 Å². The molecule has 1 rings (SSSR count). The van der Waals surface area contributed by atoms with E-state index in [0.29, 0.717) is 18.0 Å². The van der Waals surface area contributed by atoms with Crippen molar-refractivity contribution in [2.45, 2.75) is 32.9 Å². The molecule has 0 fully saturated rings. The standard InChI is InChI=1S/C15H23FN2O/c1-11(2)9-14(15(19)18(3)4)17-10-12-7-5-6-8-13(12)16/h5-8,11,14,17H,9-10H2,1-4H3. The Bertz CT molecular complexity index is 418. The van der Waals surface area contributed by atoms with Crippen LogP contribution in [0.1, 0.15) is 25.8 Å². The van der Waals surface area contributed by atoms with Gasteiger partial charge in [0.15, 0.2) is 0 Å². The van der Waals surface area contributed by atoms with Gasteiger partial charge in [0.25, 0.3) is 0 Å². The molecular formula is C15H23FN2O. The Labute approximate surface area is 114 Å². The van der Waals surface area contributed by atoms with Gasteiger partial charge in [0.2, 0.25) is 5.91 Å². The Hall–Kier alpha value is -1.42. The lowest BCUT2D eigenvalue weighted by Gasteiger charge is -2.23. The van der Waals surface area contributed by atoms with Crippen LogP contribution in [0.4, 0.5) is 4.39 Å². The predicted molar refractivity (Wildman–Crippen MR) is 75.2 cm³/mol. The minimum absolute atomic E-state index is 0.0324. The van der Waals surface area contributed by atoms with Crippen LogP contribution < -0.4 is 5.32 Å². The van der Waals surface area contributed by atoms with E-state index in [0.717, 1.165) is 6.42 Å². The number of halogens is 1. The third kappa shape index (κ3) is 4.99. The van der Waals surface area contributed by atoms with Gasteiger partial charge in [0, 0.05) is 26.2 Å².